The summed E-state index contributed by atoms with van der Waals surface area (Å²) in [6.07, 6.45) is 3.44. The monoisotopic (exact) mass is 381 g/mol. The lowest BCUT2D eigenvalue weighted by atomic mass is 9.64. The van der Waals surface area contributed by atoms with Crippen molar-refractivity contribution in [2.24, 2.45) is 11.8 Å². The molecule has 1 saturated carbocycles. The van der Waals surface area contributed by atoms with Crippen molar-refractivity contribution in [1.29, 1.82) is 0 Å². The molecule has 2 aliphatic rings. The molecule has 4 heteroatoms. The van der Waals surface area contributed by atoms with Gasteiger partial charge in [-0.05, 0) is 62.8 Å². The predicted molar refractivity (Wildman–Crippen MR) is 114 cm³/mol. The first kappa shape index (κ1) is 18.3. The smallest absolute Gasteiger partial charge is 0.137 e. The van der Waals surface area contributed by atoms with E-state index in [2.05, 4.69) is 26.1 Å². The van der Waals surface area contributed by atoms with Crippen LogP contribution in [0.4, 0.5) is 5.69 Å². The standard InChI is InChI=1S/C23H27NO2S/c1-14-9-11-18-17(13-14)20-19(25)12-10-16(21(20)26-23(18,2)3)22(27)24-15-7-5-4-6-8-15/h4-8,10,12,14,17-18,25H,9,11,13H2,1-3H3,(H,24,27)/t14-,17-,18-/m1/s1. The van der Waals surface area contributed by atoms with E-state index < -0.39 is 0 Å². The Balaban J connectivity index is 1.76. The number of thiocarbonyl (C=S) groups is 1. The van der Waals surface area contributed by atoms with E-state index in [9.17, 15) is 5.11 Å². The van der Waals surface area contributed by atoms with Crippen LogP contribution in [0.1, 0.15) is 57.1 Å². The Bertz CT molecular complexity index is 862. The summed E-state index contributed by atoms with van der Waals surface area (Å²) in [5.74, 6) is 2.47. The first-order chi connectivity index (χ1) is 12.9. The van der Waals surface area contributed by atoms with Crippen molar-refractivity contribution in [3.63, 3.8) is 0 Å². The Morgan fingerprint density at radius 3 is 2.63 bits per heavy atom. The van der Waals surface area contributed by atoms with Crippen molar-refractivity contribution in [1.82, 2.24) is 0 Å². The Morgan fingerprint density at radius 2 is 1.89 bits per heavy atom. The lowest BCUT2D eigenvalue weighted by molar-refractivity contribution is -0.0146. The SMILES string of the molecule is C[C@@H]1CC[C@@H]2[C@@H](C1)c1c(O)ccc(C(=S)Nc3ccccc3)c1OC2(C)C. The highest BCUT2D eigenvalue weighted by Crippen LogP contribution is 2.56. The van der Waals surface area contributed by atoms with E-state index in [4.69, 9.17) is 17.0 Å². The predicted octanol–water partition coefficient (Wildman–Crippen LogP) is 5.87. The van der Waals surface area contributed by atoms with Gasteiger partial charge in [-0.25, -0.2) is 0 Å². The molecule has 0 unspecified atom stereocenters. The number of benzene rings is 2. The van der Waals surface area contributed by atoms with Crippen LogP contribution in [0.15, 0.2) is 42.5 Å². The van der Waals surface area contributed by atoms with Gasteiger partial charge in [0.1, 0.15) is 22.1 Å². The second-order valence-corrected chi connectivity index (χ2v) is 8.94. The highest BCUT2D eigenvalue weighted by atomic mass is 32.1. The van der Waals surface area contributed by atoms with Gasteiger partial charge >= 0.3 is 0 Å². The van der Waals surface area contributed by atoms with Crippen LogP contribution in [0.3, 0.4) is 0 Å². The fraction of sp³-hybridized carbons (Fsp3) is 0.435. The van der Waals surface area contributed by atoms with Gasteiger partial charge in [0.25, 0.3) is 0 Å². The Morgan fingerprint density at radius 1 is 1.15 bits per heavy atom. The van der Waals surface area contributed by atoms with E-state index in [0.29, 0.717) is 28.5 Å². The van der Waals surface area contributed by atoms with Gasteiger partial charge in [-0.15, -0.1) is 0 Å². The molecule has 2 aromatic carbocycles. The van der Waals surface area contributed by atoms with Crippen LogP contribution in [-0.4, -0.2) is 15.7 Å². The highest BCUT2D eigenvalue weighted by molar-refractivity contribution is 7.81. The molecule has 0 spiro atoms. The molecule has 1 fully saturated rings. The highest BCUT2D eigenvalue weighted by Gasteiger charge is 2.47. The summed E-state index contributed by atoms with van der Waals surface area (Å²) < 4.78 is 6.51. The first-order valence-electron chi connectivity index (χ1n) is 9.78. The summed E-state index contributed by atoms with van der Waals surface area (Å²) >= 11 is 5.70. The summed E-state index contributed by atoms with van der Waals surface area (Å²) in [6, 6.07) is 13.5. The van der Waals surface area contributed by atoms with E-state index in [0.717, 1.165) is 35.4 Å². The van der Waals surface area contributed by atoms with Crippen LogP contribution < -0.4 is 10.1 Å². The van der Waals surface area contributed by atoms with Crippen LogP contribution in [0.25, 0.3) is 0 Å². The average molecular weight is 382 g/mol. The maximum absolute atomic E-state index is 10.7. The van der Waals surface area contributed by atoms with E-state index in [1.165, 1.54) is 6.42 Å². The molecule has 3 nitrogen and oxygen atoms in total. The molecule has 0 radical (unpaired) electrons. The summed E-state index contributed by atoms with van der Waals surface area (Å²) in [7, 11) is 0. The van der Waals surface area contributed by atoms with Gasteiger partial charge < -0.3 is 15.2 Å². The van der Waals surface area contributed by atoms with E-state index in [-0.39, 0.29) is 5.60 Å². The summed E-state index contributed by atoms with van der Waals surface area (Å²) in [4.78, 5) is 0.621. The summed E-state index contributed by atoms with van der Waals surface area (Å²) in [6.45, 7) is 6.65. The van der Waals surface area contributed by atoms with Gasteiger partial charge in [-0.1, -0.05) is 43.8 Å². The van der Waals surface area contributed by atoms with Crippen molar-refractivity contribution in [2.75, 3.05) is 5.32 Å². The van der Waals surface area contributed by atoms with Crippen molar-refractivity contribution < 1.29 is 9.84 Å². The van der Waals surface area contributed by atoms with Crippen molar-refractivity contribution in [3.8, 4) is 11.5 Å². The molecule has 1 aliphatic heterocycles. The topological polar surface area (TPSA) is 41.5 Å². The van der Waals surface area contributed by atoms with Crippen molar-refractivity contribution in [3.05, 3.63) is 53.6 Å². The number of aromatic hydroxyl groups is 1. The van der Waals surface area contributed by atoms with Crippen LogP contribution in [0.5, 0.6) is 11.5 Å². The third kappa shape index (κ3) is 3.31. The molecule has 1 aliphatic carbocycles. The number of nitrogens with one attached hydrogen (secondary N) is 1. The van der Waals surface area contributed by atoms with Crippen LogP contribution in [0, 0.1) is 11.8 Å². The quantitative estimate of drug-likeness (QED) is 0.638. The molecule has 2 N–H and O–H groups in total. The Labute approximate surface area is 166 Å². The minimum Gasteiger partial charge on any atom is -0.508 e. The van der Waals surface area contributed by atoms with Gasteiger partial charge in [0.15, 0.2) is 0 Å². The number of ether oxygens (including phenoxy) is 1. The third-order valence-corrected chi connectivity index (χ3v) is 6.51. The number of anilines is 1. The minimum atomic E-state index is -0.275. The third-order valence-electron chi connectivity index (χ3n) is 6.19. The van der Waals surface area contributed by atoms with Gasteiger partial charge in [-0.2, -0.15) is 0 Å². The summed E-state index contributed by atoms with van der Waals surface area (Å²) in [5.41, 5.74) is 2.47. The van der Waals surface area contributed by atoms with Crippen LogP contribution in [-0.2, 0) is 0 Å². The zero-order valence-corrected chi connectivity index (χ0v) is 17.0. The number of hydrogen-bond donors (Lipinski definition) is 2. The van der Waals surface area contributed by atoms with Crippen LogP contribution >= 0.6 is 12.2 Å². The Hall–Kier alpha value is -2.07. The number of para-hydroxylation sites is 1. The van der Waals surface area contributed by atoms with Crippen molar-refractivity contribution in [2.45, 2.75) is 51.6 Å². The second kappa shape index (κ2) is 6.83. The number of fused-ring (bicyclic) bond motifs is 3. The zero-order chi connectivity index (χ0) is 19.2. The fourth-order valence-corrected chi connectivity index (χ4v) is 5.11. The molecular weight excluding hydrogens is 354 g/mol. The fourth-order valence-electron chi connectivity index (χ4n) is 4.83. The molecule has 1 heterocycles. The molecule has 27 heavy (non-hydrogen) atoms. The van der Waals surface area contributed by atoms with Gasteiger partial charge in [0.05, 0.1) is 5.56 Å². The van der Waals surface area contributed by atoms with E-state index >= 15 is 0 Å². The van der Waals surface area contributed by atoms with Gasteiger partial charge in [0.2, 0.25) is 0 Å². The maximum atomic E-state index is 10.7. The largest absolute Gasteiger partial charge is 0.508 e. The van der Waals surface area contributed by atoms with Crippen LogP contribution in [0.2, 0.25) is 0 Å². The van der Waals surface area contributed by atoms with Gasteiger partial charge in [-0.3, -0.25) is 0 Å². The molecule has 2 aromatic rings. The number of phenols is 1. The number of phenolic OH excluding ortho intramolecular Hbond substituents is 1. The van der Waals surface area contributed by atoms with Crippen molar-refractivity contribution >= 4 is 22.9 Å². The Kier molecular flexibility index (Phi) is 4.63. The molecule has 0 saturated heterocycles. The first-order valence-corrected chi connectivity index (χ1v) is 10.2. The maximum Gasteiger partial charge on any atom is 0.137 e. The lowest BCUT2D eigenvalue weighted by Crippen LogP contribution is -2.47. The van der Waals surface area contributed by atoms with E-state index in [1.807, 2.05) is 36.4 Å². The average Bonchev–Trinajstić information content (AvgIpc) is 2.61. The number of rotatable bonds is 2. The second-order valence-electron chi connectivity index (χ2n) is 8.53. The molecule has 0 aromatic heterocycles. The van der Waals surface area contributed by atoms with E-state index in [1.54, 1.807) is 6.07 Å². The normalized spacial score (nSPS) is 25.7. The molecule has 4 rings (SSSR count). The van der Waals surface area contributed by atoms with Gasteiger partial charge in [0, 0.05) is 17.2 Å². The number of hydrogen-bond acceptors (Lipinski definition) is 3. The lowest BCUT2D eigenvalue weighted by Gasteiger charge is -2.49. The molecular formula is C23H27NO2S. The molecule has 142 valence electrons. The molecule has 0 amide bonds. The summed E-state index contributed by atoms with van der Waals surface area (Å²) in [5, 5.41) is 14.0. The zero-order valence-electron chi connectivity index (χ0n) is 16.2. The minimum absolute atomic E-state index is 0.275. The molecule has 3 atom stereocenters. The molecule has 0 bridgehead atoms.